The molecular formula is C14H16ClFN2O2. The van der Waals surface area contributed by atoms with Crippen LogP contribution in [0.2, 0.25) is 5.02 Å². The number of hydrogen-bond donors (Lipinski definition) is 1. The molecular weight excluding hydrogens is 283 g/mol. The van der Waals surface area contributed by atoms with Crippen molar-refractivity contribution in [3.05, 3.63) is 29.0 Å². The van der Waals surface area contributed by atoms with Crippen molar-refractivity contribution in [2.75, 3.05) is 11.4 Å². The second-order valence-electron chi connectivity index (χ2n) is 5.89. The molecule has 1 aliphatic rings. The van der Waals surface area contributed by atoms with Crippen molar-refractivity contribution in [3.63, 3.8) is 0 Å². The Morgan fingerprint density at radius 2 is 2.00 bits per heavy atom. The Kier molecular flexibility index (Phi) is 3.73. The van der Waals surface area contributed by atoms with E-state index in [1.54, 1.807) is 0 Å². The van der Waals surface area contributed by atoms with E-state index in [4.69, 9.17) is 11.6 Å². The molecule has 1 atom stereocenters. The van der Waals surface area contributed by atoms with Gasteiger partial charge >= 0.3 is 0 Å². The van der Waals surface area contributed by atoms with Gasteiger partial charge in [0, 0.05) is 5.69 Å². The molecule has 0 bridgehead atoms. The molecule has 1 N–H and O–H groups in total. The summed E-state index contributed by atoms with van der Waals surface area (Å²) >= 11 is 5.73. The molecule has 6 heteroatoms. The molecule has 4 nitrogen and oxygen atoms in total. The lowest BCUT2D eigenvalue weighted by Gasteiger charge is -2.38. The SMILES string of the molecule is CC(C)(C)C1NC(=O)CN(c2ccc(F)c(Cl)c2)C1=O. The highest BCUT2D eigenvalue weighted by molar-refractivity contribution is 6.31. The predicted octanol–water partition coefficient (Wildman–Crippen LogP) is 2.36. The van der Waals surface area contributed by atoms with E-state index in [0.29, 0.717) is 5.69 Å². The molecule has 1 aromatic carbocycles. The van der Waals surface area contributed by atoms with E-state index in [-0.39, 0.29) is 23.4 Å². The Morgan fingerprint density at radius 1 is 1.35 bits per heavy atom. The fraction of sp³-hybridized carbons (Fsp3) is 0.429. The third kappa shape index (κ3) is 2.77. The maximum Gasteiger partial charge on any atom is 0.250 e. The zero-order valence-corrected chi connectivity index (χ0v) is 12.3. The minimum Gasteiger partial charge on any atom is -0.342 e. The van der Waals surface area contributed by atoms with E-state index >= 15 is 0 Å². The Labute approximate surface area is 121 Å². The lowest BCUT2D eigenvalue weighted by molar-refractivity contribution is -0.133. The number of carbonyl (C=O) groups excluding carboxylic acids is 2. The van der Waals surface area contributed by atoms with Gasteiger partial charge in [-0.2, -0.15) is 0 Å². The minimum absolute atomic E-state index is 0.0754. The number of amides is 2. The largest absolute Gasteiger partial charge is 0.342 e. The smallest absolute Gasteiger partial charge is 0.250 e. The summed E-state index contributed by atoms with van der Waals surface area (Å²) in [5, 5.41) is 2.62. The summed E-state index contributed by atoms with van der Waals surface area (Å²) in [6.45, 7) is 5.53. The van der Waals surface area contributed by atoms with Gasteiger partial charge in [-0.05, 0) is 23.6 Å². The van der Waals surface area contributed by atoms with Crippen molar-refractivity contribution in [1.29, 1.82) is 0 Å². The standard InChI is InChI=1S/C14H16ClFN2O2/c1-14(2,3)12-13(20)18(7-11(19)17-12)8-4-5-10(16)9(15)6-8/h4-6,12H,7H2,1-3H3,(H,17,19). The minimum atomic E-state index is -0.618. The predicted molar refractivity (Wildman–Crippen MR) is 75.1 cm³/mol. The summed E-state index contributed by atoms with van der Waals surface area (Å²) in [5.74, 6) is -1.03. The normalized spacial score (nSPS) is 20.1. The van der Waals surface area contributed by atoms with Crippen molar-refractivity contribution in [1.82, 2.24) is 5.32 Å². The quantitative estimate of drug-likeness (QED) is 0.865. The van der Waals surface area contributed by atoms with E-state index in [2.05, 4.69) is 5.32 Å². The summed E-state index contributed by atoms with van der Waals surface area (Å²) in [4.78, 5) is 25.6. The van der Waals surface area contributed by atoms with Crippen LogP contribution in [0.25, 0.3) is 0 Å². The van der Waals surface area contributed by atoms with Crippen molar-refractivity contribution >= 4 is 29.1 Å². The molecule has 2 amide bonds. The summed E-state index contributed by atoms with van der Waals surface area (Å²) in [6, 6.07) is 3.36. The molecule has 1 saturated heterocycles. The third-order valence-electron chi connectivity index (χ3n) is 3.20. The molecule has 1 heterocycles. The number of piperazine rings is 1. The van der Waals surface area contributed by atoms with E-state index in [1.807, 2.05) is 20.8 Å². The van der Waals surface area contributed by atoms with E-state index in [9.17, 15) is 14.0 Å². The van der Waals surface area contributed by atoms with E-state index < -0.39 is 17.3 Å². The van der Waals surface area contributed by atoms with Crippen LogP contribution >= 0.6 is 11.6 Å². The van der Waals surface area contributed by atoms with Gasteiger partial charge in [-0.15, -0.1) is 0 Å². The van der Waals surface area contributed by atoms with Crippen LogP contribution in [0.4, 0.5) is 10.1 Å². The number of halogens is 2. The Bertz CT molecular complexity index is 569. The fourth-order valence-electron chi connectivity index (χ4n) is 2.10. The van der Waals surface area contributed by atoms with Crippen LogP contribution in [0.1, 0.15) is 20.8 Å². The van der Waals surface area contributed by atoms with Crippen LogP contribution in [0, 0.1) is 11.2 Å². The molecule has 1 aliphatic heterocycles. The highest BCUT2D eigenvalue weighted by Crippen LogP contribution is 2.28. The molecule has 1 fully saturated rings. The maximum absolute atomic E-state index is 13.2. The van der Waals surface area contributed by atoms with Gasteiger partial charge in [-0.3, -0.25) is 9.59 Å². The number of rotatable bonds is 1. The zero-order chi connectivity index (χ0) is 15.1. The number of carbonyl (C=O) groups is 2. The van der Waals surface area contributed by atoms with Gasteiger partial charge in [-0.25, -0.2) is 4.39 Å². The van der Waals surface area contributed by atoms with Crippen molar-refractivity contribution in [2.24, 2.45) is 5.41 Å². The second-order valence-corrected chi connectivity index (χ2v) is 6.30. The first-order valence-corrected chi connectivity index (χ1v) is 6.64. The summed E-state index contributed by atoms with van der Waals surface area (Å²) in [7, 11) is 0. The van der Waals surface area contributed by atoms with Gasteiger partial charge in [0.25, 0.3) is 5.91 Å². The second kappa shape index (κ2) is 5.05. The molecule has 0 radical (unpaired) electrons. The third-order valence-corrected chi connectivity index (χ3v) is 3.49. The van der Waals surface area contributed by atoms with Gasteiger partial charge in [0.2, 0.25) is 5.91 Å². The number of hydrogen-bond acceptors (Lipinski definition) is 2. The first-order valence-electron chi connectivity index (χ1n) is 6.26. The molecule has 0 aliphatic carbocycles. The number of nitrogens with one attached hydrogen (secondary N) is 1. The van der Waals surface area contributed by atoms with Crippen molar-refractivity contribution in [3.8, 4) is 0 Å². The van der Waals surface area contributed by atoms with Crippen LogP contribution in [0.5, 0.6) is 0 Å². The summed E-state index contributed by atoms with van der Waals surface area (Å²) in [6.07, 6.45) is 0. The van der Waals surface area contributed by atoms with Crippen LogP contribution in [-0.4, -0.2) is 24.4 Å². The molecule has 2 rings (SSSR count). The summed E-state index contributed by atoms with van der Waals surface area (Å²) in [5.41, 5.74) is 0.0143. The topological polar surface area (TPSA) is 49.4 Å². The number of benzene rings is 1. The van der Waals surface area contributed by atoms with Crippen LogP contribution in [-0.2, 0) is 9.59 Å². The maximum atomic E-state index is 13.2. The van der Waals surface area contributed by atoms with Gasteiger partial charge in [0.05, 0.1) is 5.02 Å². The number of nitrogens with zero attached hydrogens (tertiary/aromatic N) is 1. The van der Waals surface area contributed by atoms with E-state index in [0.717, 1.165) is 0 Å². The van der Waals surface area contributed by atoms with Gasteiger partial charge in [0.1, 0.15) is 18.4 Å². The first kappa shape index (κ1) is 14.8. The van der Waals surface area contributed by atoms with Crippen LogP contribution in [0.15, 0.2) is 18.2 Å². The van der Waals surface area contributed by atoms with Crippen molar-refractivity contribution in [2.45, 2.75) is 26.8 Å². The molecule has 0 spiro atoms. The van der Waals surface area contributed by atoms with Gasteiger partial charge in [-0.1, -0.05) is 32.4 Å². The average Bonchev–Trinajstić information content (AvgIpc) is 2.34. The fourth-order valence-corrected chi connectivity index (χ4v) is 2.28. The average molecular weight is 299 g/mol. The lowest BCUT2D eigenvalue weighted by Crippen LogP contribution is -2.62. The van der Waals surface area contributed by atoms with Gasteiger partial charge in [0.15, 0.2) is 0 Å². The molecule has 20 heavy (non-hydrogen) atoms. The lowest BCUT2D eigenvalue weighted by atomic mass is 9.84. The summed E-state index contributed by atoms with van der Waals surface area (Å²) < 4.78 is 13.2. The molecule has 0 aromatic heterocycles. The monoisotopic (exact) mass is 298 g/mol. The zero-order valence-electron chi connectivity index (χ0n) is 11.5. The highest BCUT2D eigenvalue weighted by Gasteiger charge is 2.40. The Hall–Kier alpha value is -1.62. The van der Waals surface area contributed by atoms with Gasteiger partial charge < -0.3 is 10.2 Å². The molecule has 1 aromatic rings. The van der Waals surface area contributed by atoms with Crippen LogP contribution < -0.4 is 10.2 Å². The molecule has 1 unspecified atom stereocenters. The molecule has 108 valence electrons. The highest BCUT2D eigenvalue weighted by atomic mass is 35.5. The van der Waals surface area contributed by atoms with Crippen LogP contribution in [0.3, 0.4) is 0 Å². The molecule has 0 saturated carbocycles. The Morgan fingerprint density at radius 3 is 2.55 bits per heavy atom. The first-order chi connectivity index (χ1) is 9.20. The van der Waals surface area contributed by atoms with Crippen molar-refractivity contribution < 1.29 is 14.0 Å². The Balaban J connectivity index is 2.37. The van der Waals surface area contributed by atoms with E-state index in [1.165, 1.54) is 23.1 Å². The number of anilines is 1.